The van der Waals surface area contributed by atoms with Gasteiger partial charge in [-0.15, -0.1) is 0 Å². The number of aromatic nitrogens is 2. The summed E-state index contributed by atoms with van der Waals surface area (Å²) in [7, 11) is 0. The zero-order valence-corrected chi connectivity index (χ0v) is 12.8. The van der Waals surface area contributed by atoms with Crippen LogP contribution in [0.1, 0.15) is 12.0 Å². The first-order valence-electron chi connectivity index (χ1n) is 7.63. The third-order valence-electron chi connectivity index (χ3n) is 4.16. The SMILES string of the molecule is Nc1ccn(-c2ccc(CN3CC[C@@H](N)C(O)C3)cc2)c(=O)n1. The molecule has 1 aliphatic heterocycles. The van der Waals surface area contributed by atoms with Crippen LogP contribution in [-0.2, 0) is 6.54 Å². The molecule has 0 aliphatic carbocycles. The van der Waals surface area contributed by atoms with Crippen molar-refractivity contribution in [1.82, 2.24) is 14.5 Å². The summed E-state index contributed by atoms with van der Waals surface area (Å²) >= 11 is 0. The van der Waals surface area contributed by atoms with Crippen molar-refractivity contribution in [3.63, 3.8) is 0 Å². The molecular weight excluding hydrogens is 294 g/mol. The minimum atomic E-state index is -0.470. The molecule has 7 heteroatoms. The van der Waals surface area contributed by atoms with E-state index in [2.05, 4.69) is 9.88 Å². The molecule has 0 spiro atoms. The van der Waals surface area contributed by atoms with E-state index < -0.39 is 11.8 Å². The molecule has 1 aromatic heterocycles. The second-order valence-electron chi connectivity index (χ2n) is 5.93. The predicted molar refractivity (Wildman–Crippen MR) is 88.1 cm³/mol. The molecule has 1 unspecified atom stereocenters. The van der Waals surface area contributed by atoms with E-state index in [9.17, 15) is 9.90 Å². The lowest BCUT2D eigenvalue weighted by molar-refractivity contribution is 0.0499. The molecule has 2 aromatic rings. The van der Waals surface area contributed by atoms with Gasteiger partial charge < -0.3 is 16.6 Å². The van der Waals surface area contributed by atoms with Gasteiger partial charge in [0.15, 0.2) is 0 Å². The van der Waals surface area contributed by atoms with Gasteiger partial charge in [-0.2, -0.15) is 4.98 Å². The van der Waals surface area contributed by atoms with Crippen molar-refractivity contribution < 1.29 is 5.11 Å². The fraction of sp³-hybridized carbons (Fsp3) is 0.375. The molecule has 2 atom stereocenters. The van der Waals surface area contributed by atoms with Crippen LogP contribution in [0.3, 0.4) is 0 Å². The molecule has 1 saturated heterocycles. The highest BCUT2D eigenvalue weighted by Gasteiger charge is 2.24. The van der Waals surface area contributed by atoms with Crippen molar-refractivity contribution in [3.05, 3.63) is 52.6 Å². The standard InChI is InChI=1S/C16H21N5O2/c17-13-5-7-20(10-14(13)22)9-11-1-3-12(4-2-11)21-8-6-15(18)19-16(21)23/h1-4,6,8,13-14,22H,5,7,9-10,17H2,(H2,18,19,23)/t13-,14?/m1/s1. The van der Waals surface area contributed by atoms with Crippen molar-refractivity contribution in [2.75, 3.05) is 18.8 Å². The van der Waals surface area contributed by atoms with Crippen molar-refractivity contribution in [2.45, 2.75) is 25.1 Å². The molecule has 5 N–H and O–H groups in total. The molecule has 1 aromatic carbocycles. The Kier molecular flexibility index (Phi) is 4.42. The minimum Gasteiger partial charge on any atom is -0.390 e. The number of nitrogens with two attached hydrogens (primary N) is 2. The Morgan fingerprint density at radius 1 is 1.26 bits per heavy atom. The quantitative estimate of drug-likeness (QED) is 0.718. The summed E-state index contributed by atoms with van der Waals surface area (Å²) in [5, 5.41) is 9.85. The molecular formula is C16H21N5O2. The Bertz CT molecular complexity index is 728. The molecule has 1 fully saturated rings. The summed E-state index contributed by atoms with van der Waals surface area (Å²) in [6.45, 7) is 2.21. The van der Waals surface area contributed by atoms with Gasteiger partial charge in [0.05, 0.1) is 11.8 Å². The van der Waals surface area contributed by atoms with Crippen LogP contribution in [0.2, 0.25) is 0 Å². The van der Waals surface area contributed by atoms with E-state index >= 15 is 0 Å². The summed E-state index contributed by atoms with van der Waals surface area (Å²) < 4.78 is 1.45. The molecule has 0 radical (unpaired) electrons. The maximum Gasteiger partial charge on any atom is 0.354 e. The fourth-order valence-corrected chi connectivity index (χ4v) is 2.79. The van der Waals surface area contributed by atoms with Crippen LogP contribution in [0.15, 0.2) is 41.3 Å². The number of β-amino-alcohol motifs (C(OH)–C–C–N with tert-alkyl or cyclic N) is 1. The molecule has 122 valence electrons. The Morgan fingerprint density at radius 3 is 2.65 bits per heavy atom. The van der Waals surface area contributed by atoms with Crippen molar-refractivity contribution in [1.29, 1.82) is 0 Å². The summed E-state index contributed by atoms with van der Waals surface area (Å²) in [6, 6.07) is 9.16. The number of benzene rings is 1. The Labute approximate surface area is 134 Å². The van der Waals surface area contributed by atoms with Crippen LogP contribution in [-0.4, -0.2) is 44.8 Å². The van der Waals surface area contributed by atoms with Crippen LogP contribution in [0.4, 0.5) is 5.82 Å². The second kappa shape index (κ2) is 6.49. The number of piperidine rings is 1. The maximum atomic E-state index is 11.8. The van der Waals surface area contributed by atoms with Gasteiger partial charge in [0.1, 0.15) is 5.82 Å². The van der Waals surface area contributed by atoms with Gasteiger partial charge >= 0.3 is 5.69 Å². The average Bonchev–Trinajstić information content (AvgIpc) is 2.52. The molecule has 0 saturated carbocycles. The molecule has 23 heavy (non-hydrogen) atoms. The van der Waals surface area contributed by atoms with Gasteiger partial charge in [0, 0.05) is 31.9 Å². The number of rotatable bonds is 3. The van der Waals surface area contributed by atoms with Gasteiger partial charge in [-0.05, 0) is 30.2 Å². The lowest BCUT2D eigenvalue weighted by Gasteiger charge is -2.34. The van der Waals surface area contributed by atoms with E-state index in [1.165, 1.54) is 4.57 Å². The molecule has 3 rings (SSSR count). The average molecular weight is 315 g/mol. The number of nitrogen functional groups attached to an aromatic ring is 1. The van der Waals surface area contributed by atoms with E-state index in [-0.39, 0.29) is 11.9 Å². The summed E-state index contributed by atoms with van der Waals surface area (Å²) in [4.78, 5) is 17.7. The lowest BCUT2D eigenvalue weighted by atomic mass is 10.0. The van der Waals surface area contributed by atoms with Crippen LogP contribution in [0.5, 0.6) is 0 Å². The Balaban J connectivity index is 1.71. The Hall–Kier alpha value is -2.22. The van der Waals surface area contributed by atoms with E-state index in [1.807, 2.05) is 24.3 Å². The zero-order valence-electron chi connectivity index (χ0n) is 12.8. The van der Waals surface area contributed by atoms with E-state index in [0.29, 0.717) is 6.54 Å². The van der Waals surface area contributed by atoms with E-state index in [4.69, 9.17) is 11.5 Å². The van der Waals surface area contributed by atoms with Crippen LogP contribution < -0.4 is 17.2 Å². The largest absolute Gasteiger partial charge is 0.390 e. The number of hydrogen-bond donors (Lipinski definition) is 3. The van der Waals surface area contributed by atoms with Crippen molar-refractivity contribution in [3.8, 4) is 5.69 Å². The van der Waals surface area contributed by atoms with E-state index in [1.54, 1.807) is 12.3 Å². The molecule has 1 aliphatic rings. The summed E-state index contributed by atoms with van der Waals surface area (Å²) in [5.74, 6) is 0.213. The highest BCUT2D eigenvalue weighted by molar-refractivity contribution is 5.36. The third-order valence-corrected chi connectivity index (χ3v) is 4.16. The van der Waals surface area contributed by atoms with E-state index in [0.717, 1.165) is 30.8 Å². The van der Waals surface area contributed by atoms with Crippen LogP contribution in [0, 0.1) is 0 Å². The lowest BCUT2D eigenvalue weighted by Crippen LogP contribution is -2.50. The van der Waals surface area contributed by atoms with Crippen LogP contribution in [0.25, 0.3) is 5.69 Å². The molecule has 0 amide bonds. The molecule has 0 bridgehead atoms. The van der Waals surface area contributed by atoms with Gasteiger partial charge in [0.2, 0.25) is 0 Å². The predicted octanol–water partition coefficient (Wildman–Crippen LogP) is -0.291. The maximum absolute atomic E-state index is 11.8. The highest BCUT2D eigenvalue weighted by Crippen LogP contribution is 2.15. The zero-order chi connectivity index (χ0) is 16.4. The normalized spacial score (nSPS) is 22.2. The smallest absolute Gasteiger partial charge is 0.354 e. The minimum absolute atomic E-state index is 0.126. The number of aliphatic hydroxyl groups is 1. The van der Waals surface area contributed by atoms with Crippen molar-refractivity contribution in [2.24, 2.45) is 5.73 Å². The van der Waals surface area contributed by atoms with Crippen molar-refractivity contribution >= 4 is 5.82 Å². The summed E-state index contributed by atoms with van der Waals surface area (Å²) in [5.41, 5.74) is 12.8. The molecule has 7 nitrogen and oxygen atoms in total. The Morgan fingerprint density at radius 2 is 2.00 bits per heavy atom. The summed E-state index contributed by atoms with van der Waals surface area (Å²) in [6.07, 6.45) is 1.94. The number of nitrogens with zero attached hydrogens (tertiary/aromatic N) is 3. The van der Waals surface area contributed by atoms with Crippen LogP contribution >= 0.6 is 0 Å². The van der Waals surface area contributed by atoms with Gasteiger partial charge in [0.25, 0.3) is 0 Å². The monoisotopic (exact) mass is 315 g/mol. The number of aliphatic hydroxyl groups excluding tert-OH is 1. The van der Waals surface area contributed by atoms with Gasteiger partial charge in [-0.1, -0.05) is 12.1 Å². The number of likely N-dealkylation sites (tertiary alicyclic amines) is 1. The third kappa shape index (κ3) is 3.58. The first-order chi connectivity index (χ1) is 11.0. The first-order valence-corrected chi connectivity index (χ1v) is 7.63. The van der Waals surface area contributed by atoms with Gasteiger partial charge in [-0.3, -0.25) is 9.47 Å². The second-order valence-corrected chi connectivity index (χ2v) is 5.93. The highest BCUT2D eigenvalue weighted by atomic mass is 16.3. The molecule has 2 heterocycles. The number of hydrogen-bond acceptors (Lipinski definition) is 6. The number of anilines is 1. The topological polar surface area (TPSA) is 110 Å². The van der Waals surface area contributed by atoms with Gasteiger partial charge in [-0.25, -0.2) is 4.79 Å². The first kappa shape index (κ1) is 15.7. The fourth-order valence-electron chi connectivity index (χ4n) is 2.79.